The second kappa shape index (κ2) is 3.86. The van der Waals surface area contributed by atoms with Crippen LogP contribution in [0, 0.1) is 0 Å². The van der Waals surface area contributed by atoms with Gasteiger partial charge in [-0.3, -0.25) is 5.73 Å². The maximum Gasteiger partial charge on any atom is 0.353 e. The van der Waals surface area contributed by atoms with Crippen molar-refractivity contribution in [2.45, 2.75) is 0 Å². The number of rotatable bonds is 1. The Morgan fingerprint density at radius 1 is 1.27 bits per heavy atom. The maximum atomic E-state index is 11.4. The van der Waals surface area contributed by atoms with Gasteiger partial charge in [0.25, 0.3) is 0 Å². The highest BCUT2D eigenvalue weighted by molar-refractivity contribution is 9.10. The summed E-state index contributed by atoms with van der Waals surface area (Å²) in [5, 5.41) is 0. The van der Waals surface area contributed by atoms with Crippen molar-refractivity contribution < 1.29 is 4.98 Å². The standard InChI is InChI=1S/C10H8BrN3O/c11-7-8(6-4-2-1-3-5-6)13-10(12)14-9(7)15/h1-5H,(H3,12,13,14,15)/p+1. The number of anilines is 1. The molecule has 2 aromatic rings. The molecule has 0 amide bonds. The zero-order chi connectivity index (χ0) is 10.8. The van der Waals surface area contributed by atoms with Crippen LogP contribution in [0.5, 0.6) is 0 Å². The third kappa shape index (κ3) is 1.92. The molecule has 0 radical (unpaired) electrons. The average Bonchev–Trinajstić information content (AvgIpc) is 2.24. The summed E-state index contributed by atoms with van der Waals surface area (Å²) >= 11 is 3.22. The molecule has 0 saturated heterocycles. The zero-order valence-electron chi connectivity index (χ0n) is 7.75. The first-order valence-corrected chi connectivity index (χ1v) is 5.14. The van der Waals surface area contributed by atoms with Crippen molar-refractivity contribution in [3.8, 4) is 11.3 Å². The summed E-state index contributed by atoms with van der Waals surface area (Å²) in [6, 6.07) is 9.50. The highest BCUT2D eigenvalue weighted by Crippen LogP contribution is 2.20. The van der Waals surface area contributed by atoms with Crippen molar-refractivity contribution in [2.75, 3.05) is 5.73 Å². The van der Waals surface area contributed by atoms with Crippen LogP contribution >= 0.6 is 15.9 Å². The molecule has 5 heteroatoms. The van der Waals surface area contributed by atoms with E-state index in [-0.39, 0.29) is 11.5 Å². The van der Waals surface area contributed by atoms with E-state index in [4.69, 9.17) is 5.73 Å². The van der Waals surface area contributed by atoms with Crippen LogP contribution in [0.4, 0.5) is 5.95 Å². The summed E-state index contributed by atoms with van der Waals surface area (Å²) < 4.78 is 0.447. The summed E-state index contributed by atoms with van der Waals surface area (Å²) in [5.74, 6) is 0.238. The van der Waals surface area contributed by atoms with Gasteiger partial charge in [-0.15, -0.1) is 0 Å². The van der Waals surface area contributed by atoms with Gasteiger partial charge in [-0.25, -0.2) is 14.8 Å². The van der Waals surface area contributed by atoms with E-state index >= 15 is 0 Å². The van der Waals surface area contributed by atoms with E-state index in [0.717, 1.165) is 5.56 Å². The molecule has 4 nitrogen and oxygen atoms in total. The van der Waals surface area contributed by atoms with E-state index in [0.29, 0.717) is 10.2 Å². The highest BCUT2D eigenvalue weighted by Gasteiger charge is 2.12. The first kappa shape index (κ1) is 9.92. The average molecular weight is 267 g/mol. The smallest absolute Gasteiger partial charge is 0.290 e. The molecule has 0 unspecified atom stereocenters. The Balaban J connectivity index is 2.68. The quantitative estimate of drug-likeness (QED) is 0.814. The Hall–Kier alpha value is -1.62. The Morgan fingerprint density at radius 2 is 1.93 bits per heavy atom. The number of nitrogen functional groups attached to an aromatic ring is 1. The van der Waals surface area contributed by atoms with Gasteiger partial charge in [-0.05, 0) is 15.9 Å². The number of halogens is 1. The van der Waals surface area contributed by atoms with Crippen LogP contribution in [0.3, 0.4) is 0 Å². The lowest BCUT2D eigenvalue weighted by Crippen LogP contribution is -2.24. The van der Waals surface area contributed by atoms with Gasteiger partial charge in [0.1, 0.15) is 10.2 Å². The molecule has 0 aliphatic heterocycles. The fraction of sp³-hybridized carbons (Fsp3) is 0. The number of H-pyrrole nitrogens is 2. The van der Waals surface area contributed by atoms with Crippen LogP contribution in [-0.2, 0) is 0 Å². The highest BCUT2D eigenvalue weighted by atomic mass is 79.9. The Labute approximate surface area is 94.3 Å². The van der Waals surface area contributed by atoms with Gasteiger partial charge in [0.15, 0.2) is 0 Å². The van der Waals surface area contributed by atoms with Gasteiger partial charge in [0, 0.05) is 5.56 Å². The summed E-state index contributed by atoms with van der Waals surface area (Å²) in [5.41, 5.74) is 6.87. The van der Waals surface area contributed by atoms with E-state index in [9.17, 15) is 4.79 Å². The number of hydrogen-bond acceptors (Lipinski definition) is 2. The SMILES string of the molecule is Nc1[nH]c(=O)c(Br)c(-c2ccccc2)[nH+]1. The zero-order valence-corrected chi connectivity index (χ0v) is 9.34. The van der Waals surface area contributed by atoms with Gasteiger partial charge in [0.2, 0.25) is 0 Å². The number of hydrogen-bond donors (Lipinski definition) is 2. The third-order valence-electron chi connectivity index (χ3n) is 1.99. The van der Waals surface area contributed by atoms with Crippen LogP contribution in [0.1, 0.15) is 0 Å². The van der Waals surface area contributed by atoms with Crippen molar-refractivity contribution in [3.05, 3.63) is 45.2 Å². The number of aromatic nitrogens is 2. The third-order valence-corrected chi connectivity index (χ3v) is 2.75. The molecule has 0 fully saturated rings. The lowest BCUT2D eigenvalue weighted by atomic mass is 10.1. The van der Waals surface area contributed by atoms with E-state index < -0.39 is 0 Å². The van der Waals surface area contributed by atoms with Crippen LogP contribution in [0.15, 0.2) is 39.6 Å². The van der Waals surface area contributed by atoms with Crippen molar-refractivity contribution in [2.24, 2.45) is 0 Å². The molecule has 1 heterocycles. The summed E-state index contributed by atoms with van der Waals surface area (Å²) in [7, 11) is 0. The molecular formula is C10H9BrN3O+. The number of nitrogens with one attached hydrogen (secondary N) is 2. The monoisotopic (exact) mass is 266 g/mol. The van der Waals surface area contributed by atoms with Gasteiger partial charge >= 0.3 is 11.5 Å². The fourth-order valence-electron chi connectivity index (χ4n) is 1.32. The minimum Gasteiger partial charge on any atom is -0.290 e. The molecule has 76 valence electrons. The van der Waals surface area contributed by atoms with Gasteiger partial charge in [-0.1, -0.05) is 30.3 Å². The Bertz CT molecular complexity index is 536. The van der Waals surface area contributed by atoms with Crippen LogP contribution in [0.25, 0.3) is 11.3 Å². The van der Waals surface area contributed by atoms with Gasteiger partial charge in [-0.2, -0.15) is 0 Å². The second-order valence-electron chi connectivity index (χ2n) is 3.05. The van der Waals surface area contributed by atoms with Gasteiger partial charge in [0.05, 0.1) is 0 Å². The first-order chi connectivity index (χ1) is 7.18. The molecule has 0 spiro atoms. The summed E-state index contributed by atoms with van der Waals surface area (Å²) in [6.45, 7) is 0. The molecule has 0 aliphatic rings. The van der Waals surface area contributed by atoms with Gasteiger partial charge < -0.3 is 0 Å². The Morgan fingerprint density at radius 3 is 2.60 bits per heavy atom. The van der Waals surface area contributed by atoms with Crippen molar-refractivity contribution in [1.29, 1.82) is 0 Å². The van der Waals surface area contributed by atoms with Crippen LogP contribution in [0.2, 0.25) is 0 Å². The number of nitrogens with two attached hydrogens (primary N) is 1. The summed E-state index contributed by atoms with van der Waals surface area (Å²) in [4.78, 5) is 16.8. The fourth-order valence-corrected chi connectivity index (χ4v) is 1.74. The maximum absolute atomic E-state index is 11.4. The molecular weight excluding hydrogens is 258 g/mol. The largest absolute Gasteiger partial charge is 0.353 e. The minimum atomic E-state index is -0.245. The molecule has 0 saturated carbocycles. The number of benzene rings is 1. The first-order valence-electron chi connectivity index (χ1n) is 4.34. The Kier molecular flexibility index (Phi) is 2.55. The molecule has 1 aromatic carbocycles. The van der Waals surface area contributed by atoms with Crippen molar-refractivity contribution >= 4 is 21.9 Å². The number of aromatic amines is 2. The van der Waals surface area contributed by atoms with Crippen molar-refractivity contribution in [3.63, 3.8) is 0 Å². The van der Waals surface area contributed by atoms with Crippen LogP contribution in [-0.4, -0.2) is 4.98 Å². The van der Waals surface area contributed by atoms with E-state index in [1.807, 2.05) is 30.3 Å². The predicted octanol–water partition coefficient (Wildman–Crippen LogP) is 1.20. The van der Waals surface area contributed by atoms with E-state index in [1.165, 1.54) is 0 Å². The lowest BCUT2D eigenvalue weighted by Gasteiger charge is -2.00. The van der Waals surface area contributed by atoms with Crippen LogP contribution < -0.4 is 16.3 Å². The summed E-state index contributed by atoms with van der Waals surface area (Å²) in [6.07, 6.45) is 0. The van der Waals surface area contributed by atoms with E-state index in [1.54, 1.807) is 0 Å². The molecule has 0 aliphatic carbocycles. The lowest BCUT2D eigenvalue weighted by molar-refractivity contribution is -0.352. The molecule has 15 heavy (non-hydrogen) atoms. The van der Waals surface area contributed by atoms with Crippen molar-refractivity contribution in [1.82, 2.24) is 4.98 Å². The normalized spacial score (nSPS) is 10.2. The molecule has 2 rings (SSSR count). The molecule has 0 bridgehead atoms. The topological polar surface area (TPSA) is 73.0 Å². The second-order valence-corrected chi connectivity index (χ2v) is 3.84. The minimum absolute atomic E-state index is 0.238. The molecule has 4 N–H and O–H groups in total. The predicted molar refractivity (Wildman–Crippen MR) is 61.2 cm³/mol. The van der Waals surface area contributed by atoms with E-state index in [2.05, 4.69) is 25.9 Å². The molecule has 0 atom stereocenters. The molecule has 1 aromatic heterocycles.